The van der Waals surface area contributed by atoms with Crippen molar-refractivity contribution in [3.63, 3.8) is 0 Å². The normalized spacial score (nSPS) is 19.2. The third kappa shape index (κ3) is 5.78. The van der Waals surface area contributed by atoms with Crippen LogP contribution in [0.5, 0.6) is 0 Å². The van der Waals surface area contributed by atoms with E-state index in [0.717, 1.165) is 47.1 Å². The molecule has 3 nitrogen and oxygen atoms in total. The number of anilines is 1. The summed E-state index contributed by atoms with van der Waals surface area (Å²) in [5.41, 5.74) is 10.7. The number of hydrogen-bond donors (Lipinski definition) is 2. The minimum atomic E-state index is 0.122. The fraction of sp³-hybridized carbons (Fsp3) is 0.406. The minimum absolute atomic E-state index is 0.122. The number of hydrogen-bond acceptors (Lipinski definition) is 3. The number of nitrogens with zero attached hydrogens (tertiary/aromatic N) is 1. The first-order valence-electron chi connectivity index (χ1n) is 12.9. The Bertz CT molecular complexity index is 1180. The van der Waals surface area contributed by atoms with Gasteiger partial charge in [-0.1, -0.05) is 51.6 Å². The van der Waals surface area contributed by atoms with Crippen LogP contribution >= 0.6 is 0 Å². The third-order valence-electron chi connectivity index (χ3n) is 7.30. The van der Waals surface area contributed by atoms with E-state index in [1.807, 2.05) is 20.0 Å². The molecule has 2 N–H and O–H groups in total. The first kappa shape index (κ1) is 25.0. The van der Waals surface area contributed by atoms with Crippen LogP contribution in [0.15, 0.2) is 72.5 Å². The zero-order chi connectivity index (χ0) is 25.3. The molecule has 2 heterocycles. The Labute approximate surface area is 212 Å². The highest BCUT2D eigenvalue weighted by Crippen LogP contribution is 2.37. The molecule has 1 fully saturated rings. The molecule has 0 amide bonds. The molecule has 2 aliphatic rings. The quantitative estimate of drug-likeness (QED) is 0.407. The summed E-state index contributed by atoms with van der Waals surface area (Å²) in [5, 5.41) is 7.32. The third-order valence-corrected chi connectivity index (χ3v) is 7.30. The number of nitrogens with one attached hydrogen (secondary N) is 2. The largest absolute Gasteiger partial charge is 0.381 e. The maximum atomic E-state index is 4.70. The summed E-state index contributed by atoms with van der Waals surface area (Å²) in [6.07, 6.45) is 9.98. The van der Waals surface area contributed by atoms with E-state index in [9.17, 15) is 0 Å². The SMILES string of the molecule is C=C(C)/C(=C/C)C(=C)/C=C1\NC(C(C)(C)C)Cc2cc(-c3ccc(NCC4CC4)nc3)c(C)cc21. The molecule has 1 saturated carbocycles. The maximum Gasteiger partial charge on any atom is 0.125 e. The molecule has 1 atom stereocenters. The molecule has 1 aliphatic carbocycles. The molecule has 0 bridgehead atoms. The predicted octanol–water partition coefficient (Wildman–Crippen LogP) is 7.86. The van der Waals surface area contributed by atoms with Crippen LogP contribution in [0.1, 0.15) is 64.2 Å². The van der Waals surface area contributed by atoms with Crippen molar-refractivity contribution in [3.05, 3.63) is 89.2 Å². The van der Waals surface area contributed by atoms with Gasteiger partial charge in [0.05, 0.1) is 0 Å². The van der Waals surface area contributed by atoms with Crippen molar-refractivity contribution in [1.82, 2.24) is 10.3 Å². The number of aryl methyl sites for hydroxylation is 1. The van der Waals surface area contributed by atoms with E-state index >= 15 is 0 Å². The molecular formula is C32H41N3. The van der Waals surface area contributed by atoms with Gasteiger partial charge in [0.1, 0.15) is 5.82 Å². The lowest BCUT2D eigenvalue weighted by Gasteiger charge is -2.38. The Morgan fingerprint density at radius 1 is 1.17 bits per heavy atom. The Balaban J connectivity index is 1.70. The molecule has 1 aliphatic heterocycles. The number of fused-ring (bicyclic) bond motifs is 1. The second kappa shape index (κ2) is 9.89. The van der Waals surface area contributed by atoms with Crippen LogP contribution in [0.3, 0.4) is 0 Å². The van der Waals surface area contributed by atoms with Crippen molar-refractivity contribution in [1.29, 1.82) is 0 Å². The van der Waals surface area contributed by atoms with Gasteiger partial charge in [0.2, 0.25) is 0 Å². The molecule has 0 spiro atoms. The highest BCUT2D eigenvalue weighted by molar-refractivity contribution is 5.78. The molecule has 35 heavy (non-hydrogen) atoms. The van der Waals surface area contributed by atoms with Gasteiger partial charge in [0.15, 0.2) is 0 Å². The van der Waals surface area contributed by atoms with Crippen LogP contribution in [-0.4, -0.2) is 17.6 Å². The van der Waals surface area contributed by atoms with Crippen LogP contribution in [0.25, 0.3) is 16.8 Å². The second-order valence-electron chi connectivity index (χ2n) is 11.4. The Morgan fingerprint density at radius 3 is 2.49 bits per heavy atom. The molecule has 1 aromatic carbocycles. The number of pyridine rings is 1. The van der Waals surface area contributed by atoms with E-state index in [4.69, 9.17) is 4.98 Å². The van der Waals surface area contributed by atoms with Gasteiger partial charge >= 0.3 is 0 Å². The average molecular weight is 468 g/mol. The van der Waals surface area contributed by atoms with Gasteiger partial charge in [-0.3, -0.25) is 0 Å². The zero-order valence-electron chi connectivity index (χ0n) is 22.4. The van der Waals surface area contributed by atoms with Crippen LogP contribution < -0.4 is 10.6 Å². The van der Waals surface area contributed by atoms with E-state index in [1.165, 1.54) is 40.7 Å². The summed E-state index contributed by atoms with van der Waals surface area (Å²) in [6.45, 7) is 22.7. The second-order valence-corrected chi connectivity index (χ2v) is 11.4. The lowest BCUT2D eigenvalue weighted by atomic mass is 9.78. The Hall–Kier alpha value is -3.07. The lowest BCUT2D eigenvalue weighted by Crippen LogP contribution is -2.44. The van der Waals surface area contributed by atoms with Crippen molar-refractivity contribution >= 4 is 11.5 Å². The van der Waals surface area contributed by atoms with Crippen molar-refractivity contribution < 1.29 is 0 Å². The zero-order valence-corrected chi connectivity index (χ0v) is 22.4. The smallest absolute Gasteiger partial charge is 0.125 e. The summed E-state index contributed by atoms with van der Waals surface area (Å²) >= 11 is 0. The maximum absolute atomic E-state index is 4.70. The number of aromatic nitrogens is 1. The predicted molar refractivity (Wildman–Crippen MR) is 151 cm³/mol. The lowest BCUT2D eigenvalue weighted by molar-refractivity contribution is 0.286. The molecule has 1 unspecified atom stereocenters. The van der Waals surface area contributed by atoms with Gasteiger partial charge in [-0.15, -0.1) is 0 Å². The summed E-state index contributed by atoms with van der Waals surface area (Å²) in [5.74, 6) is 1.80. The average Bonchev–Trinajstić information content (AvgIpc) is 3.62. The molecule has 1 aromatic heterocycles. The van der Waals surface area contributed by atoms with Gasteiger partial charge in [-0.2, -0.15) is 0 Å². The van der Waals surface area contributed by atoms with Crippen LogP contribution in [0, 0.1) is 18.3 Å². The van der Waals surface area contributed by atoms with Gasteiger partial charge in [-0.25, -0.2) is 4.98 Å². The summed E-state index contributed by atoms with van der Waals surface area (Å²) < 4.78 is 0. The van der Waals surface area contributed by atoms with Crippen molar-refractivity contribution in [3.8, 4) is 11.1 Å². The summed E-state index contributed by atoms with van der Waals surface area (Å²) in [4.78, 5) is 4.70. The Kier molecular flexibility index (Phi) is 7.07. The van der Waals surface area contributed by atoms with Crippen LogP contribution in [-0.2, 0) is 6.42 Å². The molecule has 184 valence electrons. The van der Waals surface area contributed by atoms with E-state index < -0.39 is 0 Å². The monoisotopic (exact) mass is 467 g/mol. The van der Waals surface area contributed by atoms with Crippen molar-refractivity contribution in [2.75, 3.05) is 11.9 Å². The minimum Gasteiger partial charge on any atom is -0.381 e. The molecule has 0 radical (unpaired) electrons. The van der Waals surface area contributed by atoms with Crippen molar-refractivity contribution in [2.24, 2.45) is 11.3 Å². The fourth-order valence-corrected chi connectivity index (χ4v) is 4.85. The first-order chi connectivity index (χ1) is 16.6. The summed E-state index contributed by atoms with van der Waals surface area (Å²) in [7, 11) is 0. The molecular weight excluding hydrogens is 426 g/mol. The molecule has 0 saturated heterocycles. The molecule has 4 rings (SSSR count). The topological polar surface area (TPSA) is 37.0 Å². The van der Waals surface area contributed by atoms with Crippen LogP contribution in [0.4, 0.5) is 5.82 Å². The van der Waals surface area contributed by atoms with Gasteiger partial charge < -0.3 is 10.6 Å². The van der Waals surface area contributed by atoms with E-state index in [-0.39, 0.29) is 5.41 Å². The van der Waals surface area contributed by atoms with Crippen LogP contribution in [0.2, 0.25) is 0 Å². The number of benzene rings is 1. The van der Waals surface area contributed by atoms with Gasteiger partial charge in [-0.05, 0) is 103 Å². The van der Waals surface area contributed by atoms with E-state index in [2.05, 4.69) is 87.9 Å². The van der Waals surface area contributed by atoms with Crippen molar-refractivity contribution in [2.45, 2.75) is 66.8 Å². The van der Waals surface area contributed by atoms with Gasteiger partial charge in [0.25, 0.3) is 0 Å². The number of rotatable bonds is 7. The highest BCUT2D eigenvalue weighted by Gasteiger charge is 2.31. The molecule has 3 heteroatoms. The van der Waals surface area contributed by atoms with Gasteiger partial charge in [0, 0.05) is 35.6 Å². The summed E-state index contributed by atoms with van der Waals surface area (Å²) in [6, 6.07) is 9.34. The first-order valence-corrected chi connectivity index (χ1v) is 12.9. The van der Waals surface area contributed by atoms with E-state index in [1.54, 1.807) is 0 Å². The van der Waals surface area contributed by atoms with E-state index in [0.29, 0.717) is 6.04 Å². The Morgan fingerprint density at radius 2 is 1.91 bits per heavy atom. The fourth-order valence-electron chi connectivity index (χ4n) is 4.85. The standard InChI is InChI=1S/C32H41N3/c1-9-26(20(2)3)22(5)15-29-28-14-21(4)27(16-25(28)17-30(35-29)32(6,7)8)24-12-13-31(34-19-24)33-18-23-10-11-23/h9,12-16,19,23,30,35H,2,5,10-11,17-18H2,1,3-4,6-8H3,(H,33,34)/b26-9-,29-15-. The highest BCUT2D eigenvalue weighted by atomic mass is 15.0. The molecule has 2 aromatic rings. The number of allylic oxidation sites excluding steroid dienone is 5.